The van der Waals surface area contributed by atoms with E-state index in [4.69, 9.17) is 0 Å². The first-order valence-corrected chi connectivity index (χ1v) is 7.32. The Labute approximate surface area is 132 Å². The summed E-state index contributed by atoms with van der Waals surface area (Å²) in [6, 6.07) is 9.24. The summed E-state index contributed by atoms with van der Waals surface area (Å²) in [5.74, 6) is -0.0401. The van der Waals surface area contributed by atoms with Gasteiger partial charge in [-0.15, -0.1) is 0 Å². The quantitative estimate of drug-likeness (QED) is 0.631. The number of rotatable bonds is 3. The summed E-state index contributed by atoms with van der Waals surface area (Å²) in [4.78, 5) is 28.4. The van der Waals surface area contributed by atoms with Gasteiger partial charge in [-0.25, -0.2) is 0 Å². The van der Waals surface area contributed by atoms with Crippen LogP contribution in [0.2, 0.25) is 0 Å². The van der Waals surface area contributed by atoms with Crippen LogP contribution in [-0.4, -0.2) is 26.7 Å². The van der Waals surface area contributed by atoms with Crippen molar-refractivity contribution >= 4 is 11.6 Å². The standard InChI is InChI=1S/C18H13N3O2/c1-10(22)9-12-3-2-4-13-14(12)18(23)15-16(20-21-17(13)15)11-5-7-19-8-6-11/h2-8H,9H2,1H3,(H,20,21). The van der Waals surface area contributed by atoms with Crippen molar-refractivity contribution in [1.82, 2.24) is 15.2 Å². The summed E-state index contributed by atoms with van der Waals surface area (Å²) in [7, 11) is 0. The lowest BCUT2D eigenvalue weighted by Crippen LogP contribution is -2.06. The predicted molar refractivity (Wildman–Crippen MR) is 85.1 cm³/mol. The molecule has 0 amide bonds. The molecule has 1 aliphatic carbocycles. The van der Waals surface area contributed by atoms with Gasteiger partial charge < -0.3 is 0 Å². The number of ketones is 2. The molecule has 0 fully saturated rings. The lowest BCUT2D eigenvalue weighted by atomic mass is 9.97. The van der Waals surface area contributed by atoms with Crippen LogP contribution in [0.3, 0.4) is 0 Å². The minimum atomic E-state index is -0.0765. The maximum atomic E-state index is 13.0. The fourth-order valence-electron chi connectivity index (χ4n) is 3.09. The fourth-order valence-corrected chi connectivity index (χ4v) is 3.09. The molecular formula is C18H13N3O2. The molecule has 0 saturated carbocycles. The Morgan fingerprint density at radius 3 is 2.65 bits per heavy atom. The Kier molecular flexibility index (Phi) is 2.94. The molecule has 0 atom stereocenters. The molecule has 2 aromatic heterocycles. The Balaban J connectivity index is 1.90. The second-order valence-corrected chi connectivity index (χ2v) is 5.61. The lowest BCUT2D eigenvalue weighted by molar-refractivity contribution is -0.116. The van der Waals surface area contributed by atoms with Gasteiger partial charge >= 0.3 is 0 Å². The van der Waals surface area contributed by atoms with Crippen LogP contribution in [0.4, 0.5) is 0 Å². The Hall–Kier alpha value is -3.08. The molecule has 4 rings (SSSR count). The number of nitrogens with zero attached hydrogens (tertiary/aromatic N) is 2. The third-order valence-electron chi connectivity index (χ3n) is 4.03. The molecule has 0 aliphatic heterocycles. The smallest absolute Gasteiger partial charge is 0.198 e. The number of fused-ring (bicyclic) bond motifs is 3. The van der Waals surface area contributed by atoms with Crippen LogP contribution in [0.25, 0.3) is 22.5 Å². The zero-order valence-electron chi connectivity index (χ0n) is 12.5. The van der Waals surface area contributed by atoms with E-state index in [2.05, 4.69) is 15.2 Å². The molecule has 1 aliphatic rings. The zero-order valence-corrected chi connectivity index (χ0v) is 12.5. The highest BCUT2D eigenvalue weighted by Crippen LogP contribution is 2.41. The van der Waals surface area contributed by atoms with E-state index in [1.54, 1.807) is 12.4 Å². The van der Waals surface area contributed by atoms with Crippen molar-refractivity contribution in [2.75, 3.05) is 0 Å². The number of carbonyl (C=O) groups excluding carboxylic acids is 2. The summed E-state index contributed by atoms with van der Waals surface area (Å²) < 4.78 is 0. The first-order chi connectivity index (χ1) is 11.2. The number of carbonyl (C=O) groups is 2. The average Bonchev–Trinajstić information content (AvgIpc) is 3.09. The molecule has 5 heteroatoms. The van der Waals surface area contributed by atoms with Gasteiger partial charge in [-0.2, -0.15) is 5.10 Å². The van der Waals surface area contributed by atoms with E-state index in [-0.39, 0.29) is 18.0 Å². The van der Waals surface area contributed by atoms with E-state index in [9.17, 15) is 9.59 Å². The molecule has 0 unspecified atom stereocenters. The normalized spacial score (nSPS) is 12.1. The molecule has 1 aromatic carbocycles. The van der Waals surface area contributed by atoms with Gasteiger partial charge in [0.1, 0.15) is 11.5 Å². The van der Waals surface area contributed by atoms with Crippen molar-refractivity contribution in [2.45, 2.75) is 13.3 Å². The van der Waals surface area contributed by atoms with Gasteiger partial charge in [0, 0.05) is 35.5 Å². The van der Waals surface area contributed by atoms with Gasteiger partial charge in [0.05, 0.1) is 11.3 Å². The van der Waals surface area contributed by atoms with Crippen molar-refractivity contribution in [2.24, 2.45) is 0 Å². The third-order valence-corrected chi connectivity index (χ3v) is 4.03. The van der Waals surface area contributed by atoms with E-state index in [0.717, 1.165) is 22.4 Å². The van der Waals surface area contributed by atoms with Crippen LogP contribution in [-0.2, 0) is 11.2 Å². The molecule has 5 nitrogen and oxygen atoms in total. The van der Waals surface area contributed by atoms with E-state index in [1.807, 2.05) is 30.3 Å². The highest BCUT2D eigenvalue weighted by molar-refractivity contribution is 6.24. The summed E-state index contributed by atoms with van der Waals surface area (Å²) >= 11 is 0. The second kappa shape index (κ2) is 4.98. The molecule has 23 heavy (non-hydrogen) atoms. The van der Waals surface area contributed by atoms with Crippen LogP contribution in [0, 0.1) is 0 Å². The van der Waals surface area contributed by atoms with Gasteiger partial charge in [0.25, 0.3) is 0 Å². The number of hydrogen-bond donors (Lipinski definition) is 1. The van der Waals surface area contributed by atoms with Crippen molar-refractivity contribution in [3.05, 3.63) is 59.4 Å². The van der Waals surface area contributed by atoms with Crippen molar-refractivity contribution in [3.63, 3.8) is 0 Å². The topological polar surface area (TPSA) is 75.7 Å². The SMILES string of the molecule is CC(=O)Cc1cccc2c1C(=O)c1c(-c3ccncc3)n[nH]c1-2. The molecular weight excluding hydrogens is 290 g/mol. The summed E-state index contributed by atoms with van der Waals surface area (Å²) in [6.45, 7) is 1.53. The molecule has 112 valence electrons. The summed E-state index contributed by atoms with van der Waals surface area (Å²) in [6.07, 6.45) is 3.60. The highest BCUT2D eigenvalue weighted by atomic mass is 16.1. The van der Waals surface area contributed by atoms with E-state index in [0.29, 0.717) is 16.8 Å². The molecule has 3 aromatic rings. The zero-order chi connectivity index (χ0) is 16.0. The largest absolute Gasteiger partial charge is 0.300 e. The van der Waals surface area contributed by atoms with Crippen LogP contribution in [0.1, 0.15) is 28.4 Å². The van der Waals surface area contributed by atoms with Crippen LogP contribution in [0.5, 0.6) is 0 Å². The van der Waals surface area contributed by atoms with Crippen molar-refractivity contribution in [1.29, 1.82) is 0 Å². The summed E-state index contributed by atoms with van der Waals surface area (Å²) in [5.41, 5.74) is 4.96. The van der Waals surface area contributed by atoms with Gasteiger partial charge in [-0.05, 0) is 24.6 Å². The number of aromatic amines is 1. The van der Waals surface area contributed by atoms with Crippen LogP contribution in [0.15, 0.2) is 42.7 Å². The molecule has 0 spiro atoms. The monoisotopic (exact) mass is 303 g/mol. The first-order valence-electron chi connectivity index (χ1n) is 7.32. The number of Topliss-reactive ketones (excluding diaryl/α,β-unsaturated/α-hetero) is 1. The Morgan fingerprint density at radius 2 is 1.91 bits per heavy atom. The number of pyridine rings is 1. The molecule has 0 saturated heterocycles. The maximum Gasteiger partial charge on any atom is 0.198 e. The number of H-pyrrole nitrogens is 1. The van der Waals surface area contributed by atoms with Crippen LogP contribution >= 0.6 is 0 Å². The first kappa shape index (κ1) is 13.6. The van der Waals surface area contributed by atoms with E-state index >= 15 is 0 Å². The van der Waals surface area contributed by atoms with Gasteiger partial charge in [0.15, 0.2) is 5.78 Å². The Morgan fingerprint density at radius 1 is 1.13 bits per heavy atom. The Bertz CT molecular complexity index is 942. The van der Waals surface area contributed by atoms with Gasteiger partial charge in [-0.1, -0.05) is 18.2 Å². The molecule has 0 radical (unpaired) electrons. The lowest BCUT2D eigenvalue weighted by Gasteiger charge is -2.06. The predicted octanol–water partition coefficient (Wildman–Crippen LogP) is 2.81. The average molecular weight is 303 g/mol. The van der Waals surface area contributed by atoms with Crippen molar-refractivity contribution in [3.8, 4) is 22.5 Å². The fraction of sp³-hybridized carbons (Fsp3) is 0.111. The second-order valence-electron chi connectivity index (χ2n) is 5.61. The molecule has 0 bridgehead atoms. The minimum Gasteiger partial charge on any atom is -0.300 e. The molecule has 1 N–H and O–H groups in total. The number of aromatic nitrogens is 3. The van der Waals surface area contributed by atoms with Gasteiger partial charge in [0.2, 0.25) is 0 Å². The van der Waals surface area contributed by atoms with E-state index in [1.165, 1.54) is 6.92 Å². The number of benzene rings is 1. The number of hydrogen-bond acceptors (Lipinski definition) is 4. The summed E-state index contributed by atoms with van der Waals surface area (Å²) in [5, 5.41) is 7.28. The molecule has 2 heterocycles. The minimum absolute atomic E-state index is 0.0363. The van der Waals surface area contributed by atoms with E-state index < -0.39 is 0 Å². The maximum absolute atomic E-state index is 13.0. The van der Waals surface area contributed by atoms with Crippen LogP contribution < -0.4 is 0 Å². The van der Waals surface area contributed by atoms with Crippen molar-refractivity contribution < 1.29 is 9.59 Å². The van der Waals surface area contributed by atoms with Gasteiger partial charge in [-0.3, -0.25) is 19.7 Å². The highest BCUT2D eigenvalue weighted by Gasteiger charge is 2.34. The number of nitrogens with one attached hydrogen (secondary N) is 1. The third kappa shape index (κ3) is 2.01.